The van der Waals surface area contributed by atoms with Crippen LogP contribution in [0.25, 0.3) is 0 Å². The molecular formula is C14H11ClN2O3. The highest BCUT2D eigenvalue weighted by atomic mass is 35.5. The van der Waals surface area contributed by atoms with Crippen molar-refractivity contribution in [3.63, 3.8) is 0 Å². The van der Waals surface area contributed by atoms with Crippen molar-refractivity contribution in [2.45, 2.75) is 0 Å². The first-order chi connectivity index (χ1) is 9.60. The van der Waals surface area contributed by atoms with Crippen LogP contribution in [0.5, 0.6) is 0 Å². The minimum absolute atomic E-state index is 0.314. The molecule has 0 aliphatic heterocycles. The molecule has 1 N–H and O–H groups in total. The summed E-state index contributed by atoms with van der Waals surface area (Å²) in [5.74, 6) is -0.801. The topological polar surface area (TPSA) is 68.3 Å². The maximum atomic E-state index is 12.0. The van der Waals surface area contributed by atoms with Gasteiger partial charge in [0.15, 0.2) is 0 Å². The van der Waals surface area contributed by atoms with Gasteiger partial charge in [-0.2, -0.15) is 0 Å². The lowest BCUT2D eigenvalue weighted by atomic mass is 10.2. The summed E-state index contributed by atoms with van der Waals surface area (Å²) >= 11 is 5.65. The minimum atomic E-state index is -0.464. The Hall–Kier alpha value is -2.40. The molecule has 0 saturated carbocycles. The Kier molecular flexibility index (Phi) is 4.32. The fourth-order valence-corrected chi connectivity index (χ4v) is 1.67. The SMILES string of the molecule is COC(=O)c1cccc(NC(=O)c2ccc(Cl)nc2)c1. The number of ether oxygens (including phenoxy) is 1. The summed E-state index contributed by atoms with van der Waals surface area (Å²) < 4.78 is 4.62. The van der Waals surface area contributed by atoms with Crippen molar-refractivity contribution in [2.24, 2.45) is 0 Å². The number of nitrogens with zero attached hydrogens (tertiary/aromatic N) is 1. The second-order valence-corrected chi connectivity index (χ2v) is 4.28. The van der Waals surface area contributed by atoms with Gasteiger partial charge in [0.2, 0.25) is 0 Å². The number of aromatic nitrogens is 1. The van der Waals surface area contributed by atoms with E-state index >= 15 is 0 Å². The van der Waals surface area contributed by atoms with Crippen LogP contribution in [0.3, 0.4) is 0 Å². The number of anilines is 1. The van der Waals surface area contributed by atoms with E-state index in [9.17, 15) is 9.59 Å². The summed E-state index contributed by atoms with van der Waals surface area (Å²) in [6.07, 6.45) is 1.38. The molecule has 0 aliphatic carbocycles. The van der Waals surface area contributed by atoms with Gasteiger partial charge in [-0.15, -0.1) is 0 Å². The monoisotopic (exact) mass is 290 g/mol. The third kappa shape index (κ3) is 3.33. The van der Waals surface area contributed by atoms with Gasteiger partial charge in [-0.1, -0.05) is 17.7 Å². The summed E-state index contributed by atoms with van der Waals surface area (Å²) in [6, 6.07) is 9.56. The molecule has 0 saturated heterocycles. The minimum Gasteiger partial charge on any atom is -0.465 e. The number of amides is 1. The highest BCUT2D eigenvalue weighted by molar-refractivity contribution is 6.29. The fraction of sp³-hybridized carbons (Fsp3) is 0.0714. The van der Waals surface area contributed by atoms with E-state index in [2.05, 4.69) is 15.0 Å². The molecule has 1 amide bonds. The fourth-order valence-electron chi connectivity index (χ4n) is 1.56. The number of rotatable bonds is 3. The molecule has 5 nitrogen and oxygen atoms in total. The molecule has 2 rings (SSSR count). The van der Waals surface area contributed by atoms with E-state index in [-0.39, 0.29) is 5.91 Å². The third-order valence-corrected chi connectivity index (χ3v) is 2.75. The van der Waals surface area contributed by atoms with Gasteiger partial charge >= 0.3 is 5.97 Å². The number of hydrogen-bond donors (Lipinski definition) is 1. The molecule has 0 atom stereocenters. The number of hydrogen-bond acceptors (Lipinski definition) is 4. The van der Waals surface area contributed by atoms with Crippen LogP contribution in [0.1, 0.15) is 20.7 Å². The van der Waals surface area contributed by atoms with Gasteiger partial charge in [-0.05, 0) is 30.3 Å². The van der Waals surface area contributed by atoms with Gasteiger partial charge in [-0.25, -0.2) is 9.78 Å². The van der Waals surface area contributed by atoms with E-state index < -0.39 is 5.97 Å². The third-order valence-electron chi connectivity index (χ3n) is 2.53. The zero-order valence-electron chi connectivity index (χ0n) is 10.6. The van der Waals surface area contributed by atoms with Crippen LogP contribution in [0.4, 0.5) is 5.69 Å². The second-order valence-electron chi connectivity index (χ2n) is 3.90. The van der Waals surface area contributed by atoms with Gasteiger partial charge in [0.1, 0.15) is 5.15 Å². The van der Waals surface area contributed by atoms with Crippen LogP contribution in [0, 0.1) is 0 Å². The van der Waals surface area contributed by atoms with Gasteiger partial charge in [0.25, 0.3) is 5.91 Å². The number of benzene rings is 1. The number of carbonyl (C=O) groups excluding carboxylic acids is 2. The smallest absolute Gasteiger partial charge is 0.337 e. The van der Waals surface area contributed by atoms with Crippen molar-refractivity contribution in [1.29, 1.82) is 0 Å². The molecule has 0 unspecified atom stereocenters. The van der Waals surface area contributed by atoms with E-state index in [1.54, 1.807) is 24.3 Å². The molecule has 20 heavy (non-hydrogen) atoms. The van der Waals surface area contributed by atoms with Crippen LogP contribution in [-0.4, -0.2) is 24.0 Å². The van der Waals surface area contributed by atoms with E-state index in [0.29, 0.717) is 22.0 Å². The number of halogens is 1. The van der Waals surface area contributed by atoms with E-state index in [1.807, 2.05) is 0 Å². The number of carbonyl (C=O) groups is 2. The lowest BCUT2D eigenvalue weighted by Gasteiger charge is -2.06. The van der Waals surface area contributed by atoms with Crippen LogP contribution in [0.2, 0.25) is 5.15 Å². The molecule has 1 aromatic heterocycles. The van der Waals surface area contributed by atoms with Gasteiger partial charge in [0.05, 0.1) is 18.2 Å². The average molecular weight is 291 g/mol. The van der Waals surface area contributed by atoms with Crippen molar-refractivity contribution in [1.82, 2.24) is 4.98 Å². The summed E-state index contributed by atoms with van der Waals surface area (Å²) in [7, 11) is 1.30. The first kappa shape index (κ1) is 14.0. The normalized spacial score (nSPS) is 9.90. The Morgan fingerprint density at radius 3 is 2.65 bits per heavy atom. The molecule has 102 valence electrons. The second kappa shape index (κ2) is 6.16. The highest BCUT2D eigenvalue weighted by Gasteiger charge is 2.09. The number of pyridine rings is 1. The van der Waals surface area contributed by atoms with E-state index in [1.165, 1.54) is 25.4 Å². The van der Waals surface area contributed by atoms with Crippen molar-refractivity contribution < 1.29 is 14.3 Å². The molecule has 6 heteroatoms. The van der Waals surface area contributed by atoms with Crippen LogP contribution >= 0.6 is 11.6 Å². The van der Waals surface area contributed by atoms with Crippen LogP contribution in [0.15, 0.2) is 42.6 Å². The lowest BCUT2D eigenvalue weighted by molar-refractivity contribution is 0.0600. The first-order valence-corrected chi connectivity index (χ1v) is 6.09. The maximum Gasteiger partial charge on any atom is 0.337 e. The average Bonchev–Trinajstić information content (AvgIpc) is 2.47. The number of methoxy groups -OCH3 is 1. The van der Waals surface area contributed by atoms with E-state index in [4.69, 9.17) is 11.6 Å². The molecular weight excluding hydrogens is 280 g/mol. The molecule has 0 bridgehead atoms. The maximum absolute atomic E-state index is 12.0. The number of esters is 1. The van der Waals surface area contributed by atoms with Gasteiger partial charge < -0.3 is 10.1 Å². The molecule has 0 spiro atoms. The zero-order chi connectivity index (χ0) is 14.5. The molecule has 1 heterocycles. The van der Waals surface area contributed by atoms with Crippen LogP contribution < -0.4 is 5.32 Å². The van der Waals surface area contributed by atoms with Gasteiger partial charge in [-0.3, -0.25) is 4.79 Å². The Morgan fingerprint density at radius 1 is 1.20 bits per heavy atom. The Labute approximate surface area is 120 Å². The summed E-state index contributed by atoms with van der Waals surface area (Å²) in [5, 5.41) is 2.98. The van der Waals surface area contributed by atoms with E-state index in [0.717, 1.165) is 0 Å². The van der Waals surface area contributed by atoms with Crippen molar-refractivity contribution in [3.8, 4) is 0 Å². The van der Waals surface area contributed by atoms with Crippen LogP contribution in [-0.2, 0) is 4.74 Å². The molecule has 0 radical (unpaired) electrons. The summed E-state index contributed by atoms with van der Waals surface area (Å²) in [6.45, 7) is 0. The van der Waals surface area contributed by atoms with Crippen molar-refractivity contribution >= 4 is 29.2 Å². The van der Waals surface area contributed by atoms with Gasteiger partial charge in [0, 0.05) is 11.9 Å². The molecule has 0 aliphatic rings. The quantitative estimate of drug-likeness (QED) is 0.697. The molecule has 2 aromatic rings. The Bertz CT molecular complexity index is 641. The highest BCUT2D eigenvalue weighted by Crippen LogP contribution is 2.13. The molecule has 0 fully saturated rings. The number of nitrogens with one attached hydrogen (secondary N) is 1. The lowest BCUT2D eigenvalue weighted by Crippen LogP contribution is -2.12. The summed E-state index contributed by atoms with van der Waals surface area (Å²) in [4.78, 5) is 27.2. The van der Waals surface area contributed by atoms with Crippen molar-refractivity contribution in [2.75, 3.05) is 12.4 Å². The summed E-state index contributed by atoms with van der Waals surface area (Å²) in [5.41, 5.74) is 1.23. The predicted molar refractivity (Wildman–Crippen MR) is 75.0 cm³/mol. The first-order valence-electron chi connectivity index (χ1n) is 5.71. The predicted octanol–water partition coefficient (Wildman–Crippen LogP) is 2.77. The Morgan fingerprint density at radius 2 is 2.00 bits per heavy atom. The zero-order valence-corrected chi connectivity index (χ0v) is 11.3. The van der Waals surface area contributed by atoms with Crippen molar-refractivity contribution in [3.05, 3.63) is 58.9 Å². The molecule has 1 aromatic carbocycles. The standard InChI is InChI=1S/C14H11ClN2O3/c1-20-14(19)9-3-2-4-11(7-9)17-13(18)10-5-6-12(15)16-8-10/h2-8H,1H3,(H,17,18). The Balaban J connectivity index is 2.15. The largest absolute Gasteiger partial charge is 0.465 e.